The third-order valence-corrected chi connectivity index (χ3v) is 6.31. The van der Waals surface area contributed by atoms with Crippen molar-refractivity contribution in [1.82, 2.24) is 5.32 Å². The molecule has 110 valence electrons. The van der Waals surface area contributed by atoms with Crippen LogP contribution >= 0.6 is 22.7 Å². The summed E-state index contributed by atoms with van der Waals surface area (Å²) in [6.07, 6.45) is 0.953. The van der Waals surface area contributed by atoms with Crippen molar-refractivity contribution in [3.05, 3.63) is 48.0 Å². The second-order valence-electron chi connectivity index (χ2n) is 5.33. The highest BCUT2D eigenvalue weighted by Crippen LogP contribution is 2.44. The molecular weight excluding hydrogens is 310 g/mol. The first-order chi connectivity index (χ1) is 10.8. The molecule has 0 saturated heterocycles. The van der Waals surface area contributed by atoms with Gasteiger partial charge in [-0.15, -0.1) is 22.7 Å². The highest BCUT2D eigenvalue weighted by molar-refractivity contribution is 7.36. The average Bonchev–Trinajstić information content (AvgIpc) is 3.08. The number of rotatable bonds is 3. The highest BCUT2D eigenvalue weighted by atomic mass is 32.1. The highest BCUT2D eigenvalue weighted by Gasteiger charge is 2.13. The lowest BCUT2D eigenvalue weighted by Crippen LogP contribution is -2.23. The minimum Gasteiger partial charge on any atom is -0.352 e. The van der Waals surface area contributed by atoms with Crippen molar-refractivity contribution in [1.29, 1.82) is 0 Å². The van der Waals surface area contributed by atoms with Crippen LogP contribution in [0.25, 0.3) is 29.6 Å². The Morgan fingerprint density at radius 2 is 1.73 bits per heavy atom. The van der Waals surface area contributed by atoms with Gasteiger partial charge in [-0.3, -0.25) is 4.79 Å². The maximum atomic E-state index is 12.1. The third-order valence-electron chi connectivity index (χ3n) is 3.79. The van der Waals surface area contributed by atoms with Crippen molar-refractivity contribution in [2.75, 3.05) is 6.54 Å². The van der Waals surface area contributed by atoms with E-state index in [2.05, 4.69) is 42.6 Å². The fourth-order valence-corrected chi connectivity index (χ4v) is 5.38. The number of amides is 1. The molecule has 0 saturated carbocycles. The van der Waals surface area contributed by atoms with Crippen molar-refractivity contribution >= 4 is 58.2 Å². The van der Waals surface area contributed by atoms with E-state index in [4.69, 9.17) is 0 Å². The molecule has 4 heteroatoms. The SMILES string of the molecule is CCCNC(=O)c1ccc2c(c1)sc1c3ccccc3sc21. The maximum absolute atomic E-state index is 12.1. The molecule has 0 atom stereocenters. The first kappa shape index (κ1) is 13.7. The lowest BCUT2D eigenvalue weighted by molar-refractivity contribution is 0.0954. The summed E-state index contributed by atoms with van der Waals surface area (Å²) in [5, 5.41) is 5.52. The van der Waals surface area contributed by atoms with Crippen LogP contribution in [0.2, 0.25) is 0 Å². The molecule has 0 spiro atoms. The van der Waals surface area contributed by atoms with Gasteiger partial charge in [0, 0.05) is 32.3 Å². The van der Waals surface area contributed by atoms with Gasteiger partial charge in [-0.2, -0.15) is 0 Å². The summed E-state index contributed by atoms with van der Waals surface area (Å²) in [7, 11) is 0. The van der Waals surface area contributed by atoms with Crippen LogP contribution in [0.15, 0.2) is 42.5 Å². The van der Waals surface area contributed by atoms with E-state index in [9.17, 15) is 4.79 Å². The number of carbonyl (C=O) groups excluding carboxylic acids is 1. The Kier molecular flexibility index (Phi) is 3.36. The van der Waals surface area contributed by atoms with E-state index in [1.165, 1.54) is 29.6 Å². The van der Waals surface area contributed by atoms with E-state index in [0.29, 0.717) is 0 Å². The molecule has 0 aliphatic heterocycles. The molecule has 0 aliphatic rings. The van der Waals surface area contributed by atoms with Gasteiger partial charge >= 0.3 is 0 Å². The number of benzene rings is 2. The Bertz CT molecular complexity index is 996. The molecule has 1 amide bonds. The van der Waals surface area contributed by atoms with Gasteiger partial charge in [-0.1, -0.05) is 31.2 Å². The molecule has 4 rings (SSSR count). The number of hydrogen-bond donors (Lipinski definition) is 1. The number of nitrogens with one attached hydrogen (secondary N) is 1. The Balaban J connectivity index is 1.87. The molecule has 2 heterocycles. The third kappa shape index (κ3) is 2.11. The molecule has 2 aromatic carbocycles. The van der Waals surface area contributed by atoms with Crippen LogP contribution in [0.5, 0.6) is 0 Å². The van der Waals surface area contributed by atoms with E-state index < -0.39 is 0 Å². The monoisotopic (exact) mass is 325 g/mol. The minimum atomic E-state index is 0.0189. The minimum absolute atomic E-state index is 0.0189. The van der Waals surface area contributed by atoms with E-state index in [1.807, 2.05) is 23.5 Å². The first-order valence-corrected chi connectivity index (χ1v) is 9.03. The van der Waals surface area contributed by atoms with E-state index in [1.54, 1.807) is 11.3 Å². The molecule has 4 aromatic rings. The van der Waals surface area contributed by atoms with Crippen LogP contribution < -0.4 is 5.32 Å². The van der Waals surface area contributed by atoms with Crippen LogP contribution in [-0.4, -0.2) is 12.5 Å². The van der Waals surface area contributed by atoms with Crippen LogP contribution in [0, 0.1) is 0 Å². The Morgan fingerprint density at radius 3 is 2.55 bits per heavy atom. The summed E-state index contributed by atoms with van der Waals surface area (Å²) in [5.41, 5.74) is 0.749. The number of carbonyl (C=O) groups is 1. The van der Waals surface area contributed by atoms with E-state index in [0.717, 1.165) is 18.5 Å². The second-order valence-corrected chi connectivity index (χ2v) is 7.43. The molecule has 0 fully saturated rings. The van der Waals surface area contributed by atoms with Crippen LogP contribution in [0.3, 0.4) is 0 Å². The molecule has 0 aliphatic carbocycles. The Labute approximate surface area is 136 Å². The fourth-order valence-electron chi connectivity index (χ4n) is 2.69. The topological polar surface area (TPSA) is 29.1 Å². The predicted molar refractivity (Wildman–Crippen MR) is 97.3 cm³/mol. The Morgan fingerprint density at radius 1 is 1.00 bits per heavy atom. The quantitative estimate of drug-likeness (QED) is 0.536. The molecule has 22 heavy (non-hydrogen) atoms. The lowest BCUT2D eigenvalue weighted by atomic mass is 10.1. The Hall–Kier alpha value is -1.91. The first-order valence-electron chi connectivity index (χ1n) is 7.40. The van der Waals surface area contributed by atoms with Crippen molar-refractivity contribution in [3.8, 4) is 0 Å². The molecule has 0 radical (unpaired) electrons. The second kappa shape index (κ2) is 5.38. The summed E-state index contributed by atoms with van der Waals surface area (Å²) in [6.45, 7) is 2.78. The van der Waals surface area contributed by atoms with E-state index in [-0.39, 0.29) is 5.91 Å². The van der Waals surface area contributed by atoms with Gasteiger partial charge in [-0.25, -0.2) is 0 Å². The summed E-state index contributed by atoms with van der Waals surface area (Å²) in [4.78, 5) is 12.1. The van der Waals surface area contributed by atoms with Gasteiger partial charge in [0.1, 0.15) is 0 Å². The molecule has 2 aromatic heterocycles. The summed E-state index contributed by atoms with van der Waals surface area (Å²) in [5.74, 6) is 0.0189. The molecule has 0 bridgehead atoms. The molecule has 2 nitrogen and oxygen atoms in total. The number of thiophene rings is 2. The van der Waals surface area contributed by atoms with Crippen molar-refractivity contribution in [2.24, 2.45) is 0 Å². The summed E-state index contributed by atoms with van der Waals surface area (Å²) < 4.78 is 5.19. The van der Waals surface area contributed by atoms with Gasteiger partial charge in [-0.05, 0) is 24.6 Å². The normalized spacial score (nSPS) is 11.5. The largest absolute Gasteiger partial charge is 0.352 e. The van der Waals surface area contributed by atoms with Crippen LogP contribution in [-0.2, 0) is 0 Å². The van der Waals surface area contributed by atoms with E-state index >= 15 is 0 Å². The average molecular weight is 325 g/mol. The van der Waals surface area contributed by atoms with Gasteiger partial charge in [0.2, 0.25) is 0 Å². The maximum Gasteiger partial charge on any atom is 0.251 e. The summed E-state index contributed by atoms with van der Waals surface area (Å²) >= 11 is 3.62. The standard InChI is InChI=1S/C18H15NOS2/c1-2-9-19-18(20)11-7-8-13-15(10-11)22-16-12-5-3-4-6-14(12)21-17(13)16/h3-8,10H,2,9H2,1H3,(H,19,20). The van der Waals surface area contributed by atoms with Gasteiger partial charge < -0.3 is 5.32 Å². The number of hydrogen-bond acceptors (Lipinski definition) is 3. The fraction of sp³-hybridized carbons (Fsp3) is 0.167. The van der Waals surface area contributed by atoms with Gasteiger partial charge in [0.05, 0.1) is 9.40 Å². The lowest BCUT2D eigenvalue weighted by Gasteiger charge is -2.03. The number of fused-ring (bicyclic) bond motifs is 5. The van der Waals surface area contributed by atoms with Crippen molar-refractivity contribution in [3.63, 3.8) is 0 Å². The van der Waals surface area contributed by atoms with Crippen molar-refractivity contribution < 1.29 is 4.79 Å². The zero-order chi connectivity index (χ0) is 15.1. The predicted octanol–water partition coefficient (Wildman–Crippen LogP) is 5.41. The molecule has 0 unspecified atom stereocenters. The van der Waals surface area contributed by atoms with Gasteiger partial charge in [0.25, 0.3) is 5.91 Å². The molecular formula is C18H15NOS2. The molecule has 1 N–H and O–H groups in total. The summed E-state index contributed by atoms with van der Waals surface area (Å²) in [6, 6.07) is 14.6. The zero-order valence-corrected chi connectivity index (χ0v) is 13.8. The van der Waals surface area contributed by atoms with Crippen LogP contribution in [0.4, 0.5) is 0 Å². The smallest absolute Gasteiger partial charge is 0.251 e. The van der Waals surface area contributed by atoms with Crippen LogP contribution in [0.1, 0.15) is 23.7 Å². The van der Waals surface area contributed by atoms with Crippen molar-refractivity contribution in [2.45, 2.75) is 13.3 Å². The zero-order valence-electron chi connectivity index (χ0n) is 12.2. The van der Waals surface area contributed by atoms with Gasteiger partial charge in [0.15, 0.2) is 0 Å².